The van der Waals surface area contributed by atoms with E-state index in [1.165, 1.54) is 41.1 Å². The average Bonchev–Trinajstić information content (AvgIpc) is 3.04. The molecule has 0 saturated heterocycles. The minimum Gasteiger partial charge on any atom is -0.488 e. The summed E-state index contributed by atoms with van der Waals surface area (Å²) in [6.45, 7) is 3.48. The number of nitrogens with zero attached hydrogens (tertiary/aromatic N) is 2. The molecule has 0 saturated carbocycles. The van der Waals surface area contributed by atoms with Gasteiger partial charge in [0.1, 0.15) is 11.9 Å². The summed E-state index contributed by atoms with van der Waals surface area (Å²) in [5, 5.41) is 12.4. The zero-order valence-electron chi connectivity index (χ0n) is 24.9. The first-order valence-corrected chi connectivity index (χ1v) is 15.6. The molecule has 0 aromatic heterocycles. The number of aliphatic hydroxyl groups excluding tert-OH is 1. The zero-order chi connectivity index (χ0) is 32.9. The molecule has 0 radical (unpaired) electrons. The summed E-state index contributed by atoms with van der Waals surface area (Å²) in [6, 6.07) is 15.3. The molecule has 3 aromatic carbocycles. The Labute approximate surface area is 259 Å². The number of aliphatic hydroxyl groups is 1. The highest BCUT2D eigenvalue weighted by molar-refractivity contribution is 7.92. The van der Waals surface area contributed by atoms with Gasteiger partial charge in [-0.1, -0.05) is 25.1 Å². The number of hydrogen-bond acceptors (Lipinski definition) is 6. The van der Waals surface area contributed by atoms with Gasteiger partial charge in [-0.3, -0.25) is 9.52 Å². The maximum atomic E-state index is 13.4. The lowest BCUT2D eigenvalue weighted by molar-refractivity contribution is -0.137. The van der Waals surface area contributed by atoms with E-state index >= 15 is 0 Å². The molecule has 10 nitrogen and oxygen atoms in total. The summed E-state index contributed by atoms with van der Waals surface area (Å²) < 4.78 is 73.5. The second-order valence-corrected chi connectivity index (χ2v) is 12.7. The van der Waals surface area contributed by atoms with Crippen LogP contribution in [0.1, 0.15) is 25.0 Å². The van der Waals surface area contributed by atoms with E-state index < -0.39 is 39.9 Å². The van der Waals surface area contributed by atoms with E-state index in [2.05, 4.69) is 10.0 Å². The predicted molar refractivity (Wildman–Crippen MR) is 162 cm³/mol. The lowest BCUT2D eigenvalue weighted by Crippen LogP contribution is -2.48. The Morgan fingerprint density at radius 2 is 1.73 bits per heavy atom. The van der Waals surface area contributed by atoms with Gasteiger partial charge in [0, 0.05) is 36.4 Å². The third kappa shape index (κ3) is 8.45. The number of ether oxygens (including phenoxy) is 1. The first kappa shape index (κ1) is 33.6. The van der Waals surface area contributed by atoms with Gasteiger partial charge in [0.2, 0.25) is 5.91 Å². The van der Waals surface area contributed by atoms with Crippen LogP contribution < -0.4 is 14.8 Å². The van der Waals surface area contributed by atoms with Crippen molar-refractivity contribution in [3.63, 3.8) is 0 Å². The molecule has 3 N–H and O–H groups in total. The molecule has 4 rings (SSSR count). The van der Waals surface area contributed by atoms with Crippen LogP contribution in [0.25, 0.3) is 0 Å². The molecular weight excluding hydrogens is 613 g/mol. The van der Waals surface area contributed by atoms with Crippen molar-refractivity contribution in [1.29, 1.82) is 0 Å². The SMILES string of the molecule is C[C@H](CO)N1C[C@H](C)[C@@H](CN(C)C(=O)Nc2ccc(C(F)(F)F)cc2)Oc2ccc(NS(=O)(=O)c3ccccc3)cc2CC1=O. The predicted octanol–water partition coefficient (Wildman–Crippen LogP) is 4.82. The number of urea groups is 1. The van der Waals surface area contributed by atoms with Gasteiger partial charge < -0.3 is 25.0 Å². The Kier molecular flexibility index (Phi) is 10.3. The molecule has 0 spiro atoms. The fourth-order valence-electron chi connectivity index (χ4n) is 4.84. The number of carbonyl (C=O) groups is 2. The fourth-order valence-corrected chi connectivity index (χ4v) is 5.91. The molecule has 1 heterocycles. The standard InChI is InChI=1S/C31H35F3N4O6S/c1-20-17-38(21(2)19-39)29(40)16-22-15-25(36-45(42,43)26-7-5-4-6-8-26)13-14-27(22)44-28(20)18-37(3)30(41)35-24-11-9-23(10-12-24)31(32,33)34/h4-15,20-21,28,36,39H,16-19H2,1-3H3,(H,35,41)/t20-,21+,28+/m0/s1. The van der Waals surface area contributed by atoms with Crippen LogP contribution in [0.4, 0.5) is 29.3 Å². The quantitative estimate of drug-likeness (QED) is 0.322. The van der Waals surface area contributed by atoms with E-state index in [1.54, 1.807) is 31.2 Å². The van der Waals surface area contributed by atoms with Crippen LogP contribution in [0.5, 0.6) is 5.75 Å². The van der Waals surface area contributed by atoms with Crippen LogP contribution >= 0.6 is 0 Å². The Morgan fingerprint density at radius 3 is 2.36 bits per heavy atom. The monoisotopic (exact) mass is 648 g/mol. The summed E-state index contributed by atoms with van der Waals surface area (Å²) in [5.41, 5.74) is -0.0489. The van der Waals surface area contributed by atoms with Crippen LogP contribution in [0.2, 0.25) is 0 Å². The van der Waals surface area contributed by atoms with Gasteiger partial charge in [-0.15, -0.1) is 0 Å². The summed E-state index contributed by atoms with van der Waals surface area (Å²) in [4.78, 5) is 29.3. The summed E-state index contributed by atoms with van der Waals surface area (Å²) >= 11 is 0. The molecule has 0 unspecified atom stereocenters. The van der Waals surface area contributed by atoms with Gasteiger partial charge >= 0.3 is 12.2 Å². The van der Waals surface area contributed by atoms with E-state index in [0.717, 1.165) is 24.3 Å². The van der Waals surface area contributed by atoms with Gasteiger partial charge in [-0.25, -0.2) is 13.2 Å². The number of halogens is 3. The van der Waals surface area contributed by atoms with Crippen LogP contribution in [0.15, 0.2) is 77.7 Å². The van der Waals surface area contributed by atoms with Gasteiger partial charge in [0.05, 0.1) is 36.1 Å². The molecular formula is C31H35F3N4O6S. The van der Waals surface area contributed by atoms with Crippen molar-refractivity contribution in [2.75, 3.05) is 36.8 Å². The number of hydrogen-bond donors (Lipinski definition) is 3. The largest absolute Gasteiger partial charge is 0.488 e. The van der Waals surface area contributed by atoms with Gasteiger partial charge in [0.25, 0.3) is 10.0 Å². The first-order valence-electron chi connectivity index (χ1n) is 14.1. The topological polar surface area (TPSA) is 128 Å². The van der Waals surface area contributed by atoms with E-state index in [-0.39, 0.29) is 54.2 Å². The summed E-state index contributed by atoms with van der Waals surface area (Å²) in [7, 11) is -2.41. The summed E-state index contributed by atoms with van der Waals surface area (Å²) in [5.74, 6) is -0.324. The molecule has 0 fully saturated rings. The van der Waals surface area contributed by atoms with Crippen LogP contribution in [-0.2, 0) is 27.4 Å². The molecule has 3 aromatic rings. The minimum atomic E-state index is -4.50. The lowest BCUT2D eigenvalue weighted by atomic mass is 10.0. The average molecular weight is 649 g/mol. The number of benzene rings is 3. The Balaban J connectivity index is 1.58. The number of likely N-dealkylation sites (N-methyl/N-ethyl adjacent to an activating group) is 1. The Morgan fingerprint density at radius 1 is 1.09 bits per heavy atom. The molecule has 1 aliphatic rings. The molecule has 242 valence electrons. The number of amides is 3. The Hall–Kier alpha value is -4.30. The second kappa shape index (κ2) is 13.8. The number of alkyl halides is 3. The van der Waals surface area contributed by atoms with Crippen LogP contribution in [0, 0.1) is 5.92 Å². The highest BCUT2D eigenvalue weighted by Crippen LogP contribution is 2.31. The van der Waals surface area contributed by atoms with E-state index in [9.17, 15) is 36.3 Å². The molecule has 14 heteroatoms. The third-order valence-corrected chi connectivity index (χ3v) is 8.88. The summed E-state index contributed by atoms with van der Waals surface area (Å²) in [6.07, 6.45) is -5.31. The van der Waals surface area contributed by atoms with Crippen molar-refractivity contribution in [1.82, 2.24) is 9.80 Å². The van der Waals surface area contributed by atoms with Crippen molar-refractivity contribution in [2.45, 2.75) is 43.5 Å². The van der Waals surface area contributed by atoms with Crippen LogP contribution in [0.3, 0.4) is 0 Å². The van der Waals surface area contributed by atoms with Crippen molar-refractivity contribution in [3.8, 4) is 5.75 Å². The van der Waals surface area contributed by atoms with E-state index in [1.807, 2.05) is 6.92 Å². The molecule has 1 aliphatic heterocycles. The number of anilines is 2. The van der Waals surface area contributed by atoms with E-state index in [0.29, 0.717) is 11.3 Å². The molecule has 3 atom stereocenters. The molecule has 45 heavy (non-hydrogen) atoms. The van der Waals surface area contributed by atoms with E-state index in [4.69, 9.17) is 4.74 Å². The highest BCUT2D eigenvalue weighted by atomic mass is 32.2. The van der Waals surface area contributed by atoms with Crippen molar-refractivity contribution < 1.29 is 41.0 Å². The van der Waals surface area contributed by atoms with Crippen LogP contribution in [-0.4, -0.2) is 74.2 Å². The minimum absolute atomic E-state index is 0.0327. The van der Waals surface area contributed by atoms with Crippen molar-refractivity contribution in [3.05, 3.63) is 83.9 Å². The van der Waals surface area contributed by atoms with Gasteiger partial charge in [-0.2, -0.15) is 13.2 Å². The van der Waals surface area contributed by atoms with Crippen molar-refractivity contribution in [2.24, 2.45) is 5.92 Å². The molecule has 0 bridgehead atoms. The first-order chi connectivity index (χ1) is 21.2. The zero-order valence-corrected chi connectivity index (χ0v) is 25.7. The number of fused-ring (bicyclic) bond motifs is 1. The smallest absolute Gasteiger partial charge is 0.416 e. The molecule has 0 aliphatic carbocycles. The normalized spacial score (nSPS) is 18.0. The number of sulfonamides is 1. The Bertz CT molecular complexity index is 1600. The van der Waals surface area contributed by atoms with Gasteiger partial charge in [-0.05, 0) is 61.5 Å². The molecule has 3 amide bonds. The third-order valence-electron chi connectivity index (χ3n) is 7.49. The maximum Gasteiger partial charge on any atom is 0.416 e. The lowest BCUT2D eigenvalue weighted by Gasteiger charge is -2.34. The highest BCUT2D eigenvalue weighted by Gasteiger charge is 2.33. The van der Waals surface area contributed by atoms with Crippen molar-refractivity contribution >= 4 is 33.3 Å². The number of carbonyl (C=O) groups excluding carboxylic acids is 2. The number of rotatable bonds is 8. The fraction of sp³-hybridized carbons (Fsp3) is 0.355. The second-order valence-electron chi connectivity index (χ2n) is 11.0. The maximum absolute atomic E-state index is 13.4. The van der Waals surface area contributed by atoms with Gasteiger partial charge in [0.15, 0.2) is 0 Å². The number of nitrogens with one attached hydrogen (secondary N) is 2.